The molecule has 0 aromatic rings. The van der Waals surface area contributed by atoms with Crippen molar-refractivity contribution in [2.24, 2.45) is 5.92 Å². The molecular formula is C12H25N3. The summed E-state index contributed by atoms with van der Waals surface area (Å²) in [7, 11) is 4.52. The van der Waals surface area contributed by atoms with Crippen LogP contribution in [0, 0.1) is 5.92 Å². The summed E-state index contributed by atoms with van der Waals surface area (Å²) in [5.41, 5.74) is 0. The predicted molar refractivity (Wildman–Crippen MR) is 64.1 cm³/mol. The van der Waals surface area contributed by atoms with E-state index in [-0.39, 0.29) is 0 Å². The second-order valence-corrected chi connectivity index (χ2v) is 5.33. The van der Waals surface area contributed by atoms with Gasteiger partial charge in [-0.1, -0.05) is 0 Å². The zero-order valence-electron chi connectivity index (χ0n) is 10.2. The Kier molecular flexibility index (Phi) is 4.00. The Labute approximate surface area is 93.8 Å². The van der Waals surface area contributed by atoms with E-state index in [4.69, 9.17) is 0 Å². The summed E-state index contributed by atoms with van der Waals surface area (Å²) in [6, 6.07) is 0.816. The van der Waals surface area contributed by atoms with E-state index in [1.807, 2.05) is 0 Å². The van der Waals surface area contributed by atoms with Crippen LogP contribution in [0.2, 0.25) is 0 Å². The molecule has 2 heterocycles. The smallest absolute Gasteiger partial charge is 0.0342 e. The second-order valence-electron chi connectivity index (χ2n) is 5.33. The van der Waals surface area contributed by atoms with Crippen molar-refractivity contribution >= 4 is 0 Å². The molecule has 2 aliphatic heterocycles. The zero-order chi connectivity index (χ0) is 10.7. The normalized spacial score (nSPS) is 25.8. The fraction of sp³-hybridized carbons (Fsp3) is 1.00. The number of piperidine rings is 1. The van der Waals surface area contributed by atoms with Gasteiger partial charge in [-0.3, -0.25) is 0 Å². The van der Waals surface area contributed by atoms with Crippen molar-refractivity contribution in [1.29, 1.82) is 0 Å². The highest BCUT2D eigenvalue weighted by molar-refractivity contribution is 4.83. The van der Waals surface area contributed by atoms with Gasteiger partial charge in [0.15, 0.2) is 0 Å². The lowest BCUT2D eigenvalue weighted by Gasteiger charge is -2.37. The summed E-state index contributed by atoms with van der Waals surface area (Å²) in [6.07, 6.45) is 4.22. The van der Waals surface area contributed by atoms with E-state index in [0.29, 0.717) is 0 Å². The molecule has 15 heavy (non-hydrogen) atoms. The Morgan fingerprint density at radius 2 is 1.93 bits per heavy atom. The number of likely N-dealkylation sites (N-methyl/N-ethyl adjacent to an activating group) is 1. The molecule has 0 aromatic carbocycles. The van der Waals surface area contributed by atoms with Crippen molar-refractivity contribution in [3.63, 3.8) is 0 Å². The largest absolute Gasteiger partial charge is 0.314 e. The van der Waals surface area contributed by atoms with E-state index in [2.05, 4.69) is 29.2 Å². The minimum atomic E-state index is 0.816. The summed E-state index contributed by atoms with van der Waals surface area (Å²) >= 11 is 0. The van der Waals surface area contributed by atoms with Gasteiger partial charge in [0.2, 0.25) is 0 Å². The van der Waals surface area contributed by atoms with Gasteiger partial charge in [-0.2, -0.15) is 0 Å². The number of nitrogens with one attached hydrogen (secondary N) is 1. The molecular weight excluding hydrogens is 186 g/mol. The van der Waals surface area contributed by atoms with Crippen LogP contribution in [0.4, 0.5) is 0 Å². The molecule has 2 saturated heterocycles. The van der Waals surface area contributed by atoms with Gasteiger partial charge >= 0.3 is 0 Å². The summed E-state index contributed by atoms with van der Waals surface area (Å²) in [5, 5.41) is 3.34. The number of hydrogen-bond donors (Lipinski definition) is 1. The molecule has 0 amide bonds. The van der Waals surface area contributed by atoms with E-state index in [1.165, 1.54) is 52.0 Å². The third-order valence-electron chi connectivity index (χ3n) is 4.11. The quantitative estimate of drug-likeness (QED) is 0.735. The number of likely N-dealkylation sites (tertiary alicyclic amines) is 1. The summed E-state index contributed by atoms with van der Waals surface area (Å²) in [4.78, 5) is 4.99. The van der Waals surface area contributed by atoms with E-state index in [1.54, 1.807) is 0 Å². The Bertz CT molecular complexity index is 183. The molecule has 0 aromatic heterocycles. The van der Waals surface area contributed by atoms with E-state index in [9.17, 15) is 0 Å². The molecule has 0 radical (unpaired) electrons. The molecule has 3 nitrogen and oxygen atoms in total. The molecule has 3 heteroatoms. The van der Waals surface area contributed by atoms with Crippen molar-refractivity contribution < 1.29 is 0 Å². The first-order valence-electron chi connectivity index (χ1n) is 6.35. The maximum Gasteiger partial charge on any atom is 0.0342 e. The van der Waals surface area contributed by atoms with E-state index < -0.39 is 0 Å². The molecule has 0 unspecified atom stereocenters. The molecule has 0 atom stereocenters. The molecule has 2 fully saturated rings. The van der Waals surface area contributed by atoms with Crippen LogP contribution in [0.3, 0.4) is 0 Å². The lowest BCUT2D eigenvalue weighted by Crippen LogP contribution is -2.56. The van der Waals surface area contributed by atoms with Crippen molar-refractivity contribution in [3.05, 3.63) is 0 Å². The van der Waals surface area contributed by atoms with Crippen molar-refractivity contribution in [3.8, 4) is 0 Å². The summed E-state index contributed by atoms with van der Waals surface area (Å²) < 4.78 is 0. The van der Waals surface area contributed by atoms with Crippen LogP contribution >= 0.6 is 0 Å². The standard InChI is InChI=1S/C12H25N3/c1-14-6-3-11(4-7-14)5-8-15(2)12-9-13-10-12/h11-13H,3-10H2,1-2H3. The maximum absolute atomic E-state index is 3.34. The molecule has 88 valence electrons. The van der Waals surface area contributed by atoms with Crippen LogP contribution in [0.5, 0.6) is 0 Å². The first-order chi connectivity index (χ1) is 7.25. The average molecular weight is 211 g/mol. The fourth-order valence-electron chi connectivity index (χ4n) is 2.50. The van der Waals surface area contributed by atoms with Crippen molar-refractivity contribution in [1.82, 2.24) is 15.1 Å². The second kappa shape index (κ2) is 5.28. The lowest BCUT2D eigenvalue weighted by atomic mass is 9.93. The van der Waals surface area contributed by atoms with Gasteiger partial charge < -0.3 is 15.1 Å². The van der Waals surface area contributed by atoms with Crippen LogP contribution in [0.25, 0.3) is 0 Å². The van der Waals surface area contributed by atoms with Gasteiger partial charge in [-0.25, -0.2) is 0 Å². The Morgan fingerprint density at radius 3 is 2.47 bits per heavy atom. The summed E-state index contributed by atoms with van der Waals surface area (Å²) in [5.74, 6) is 0.983. The molecule has 1 N–H and O–H groups in total. The van der Waals surface area contributed by atoms with Gasteiger partial charge in [0.25, 0.3) is 0 Å². The first-order valence-corrected chi connectivity index (χ1v) is 6.35. The average Bonchev–Trinajstić information content (AvgIpc) is 2.14. The Balaban J connectivity index is 1.60. The Hall–Kier alpha value is -0.120. The van der Waals surface area contributed by atoms with Crippen LogP contribution in [-0.4, -0.2) is 62.7 Å². The maximum atomic E-state index is 3.34. The van der Waals surface area contributed by atoms with E-state index in [0.717, 1.165) is 12.0 Å². The minimum Gasteiger partial charge on any atom is -0.314 e. The highest BCUT2D eigenvalue weighted by Gasteiger charge is 2.22. The molecule has 0 saturated carbocycles. The van der Waals surface area contributed by atoms with Gasteiger partial charge in [0.1, 0.15) is 0 Å². The lowest BCUT2D eigenvalue weighted by molar-refractivity contribution is 0.150. The van der Waals surface area contributed by atoms with Gasteiger partial charge in [0, 0.05) is 19.1 Å². The van der Waals surface area contributed by atoms with Crippen molar-refractivity contribution in [2.75, 3.05) is 46.8 Å². The topological polar surface area (TPSA) is 18.5 Å². The number of hydrogen-bond acceptors (Lipinski definition) is 3. The molecule has 0 spiro atoms. The molecule has 0 aliphatic carbocycles. The molecule has 2 aliphatic rings. The van der Waals surface area contributed by atoms with Gasteiger partial charge in [-0.05, 0) is 58.9 Å². The fourth-order valence-corrected chi connectivity index (χ4v) is 2.50. The SMILES string of the molecule is CN1CCC(CCN(C)C2CNC2)CC1. The number of rotatable bonds is 4. The van der Waals surface area contributed by atoms with Crippen LogP contribution in [0.15, 0.2) is 0 Å². The first kappa shape index (κ1) is 11.4. The van der Waals surface area contributed by atoms with Crippen LogP contribution < -0.4 is 5.32 Å². The highest BCUT2D eigenvalue weighted by Crippen LogP contribution is 2.20. The van der Waals surface area contributed by atoms with Crippen LogP contribution in [0.1, 0.15) is 19.3 Å². The van der Waals surface area contributed by atoms with E-state index >= 15 is 0 Å². The Morgan fingerprint density at radius 1 is 1.27 bits per heavy atom. The summed E-state index contributed by atoms with van der Waals surface area (Å²) in [6.45, 7) is 6.30. The highest BCUT2D eigenvalue weighted by atomic mass is 15.2. The molecule has 0 bridgehead atoms. The van der Waals surface area contributed by atoms with Crippen molar-refractivity contribution in [2.45, 2.75) is 25.3 Å². The number of nitrogens with zero attached hydrogens (tertiary/aromatic N) is 2. The monoisotopic (exact) mass is 211 g/mol. The third kappa shape index (κ3) is 3.16. The zero-order valence-corrected chi connectivity index (χ0v) is 10.2. The predicted octanol–water partition coefficient (Wildman–Crippen LogP) is 0.622. The molecule has 2 rings (SSSR count). The minimum absolute atomic E-state index is 0.816. The van der Waals surface area contributed by atoms with Gasteiger partial charge in [-0.15, -0.1) is 0 Å². The van der Waals surface area contributed by atoms with Crippen LogP contribution in [-0.2, 0) is 0 Å². The van der Waals surface area contributed by atoms with Gasteiger partial charge in [0.05, 0.1) is 0 Å². The third-order valence-corrected chi connectivity index (χ3v) is 4.11.